The van der Waals surface area contributed by atoms with Gasteiger partial charge in [-0.1, -0.05) is 0 Å². The van der Waals surface area contributed by atoms with Crippen molar-refractivity contribution in [2.45, 2.75) is 25.9 Å². The number of aryl methyl sites for hydroxylation is 1. The molecule has 1 saturated heterocycles. The highest BCUT2D eigenvalue weighted by molar-refractivity contribution is 5.93. The molecule has 7 nitrogen and oxygen atoms in total. The van der Waals surface area contributed by atoms with Crippen LogP contribution in [0.1, 0.15) is 24.3 Å². The van der Waals surface area contributed by atoms with Crippen LogP contribution in [-0.4, -0.2) is 70.2 Å². The molecule has 0 aromatic carbocycles. The predicted molar refractivity (Wildman–Crippen MR) is 78.8 cm³/mol. The number of aromatic nitrogens is 2. The first-order chi connectivity index (χ1) is 9.93. The number of piperazine rings is 1. The second-order valence-corrected chi connectivity index (χ2v) is 5.59. The zero-order chi connectivity index (χ0) is 15.6. The van der Waals surface area contributed by atoms with E-state index in [9.17, 15) is 9.59 Å². The summed E-state index contributed by atoms with van der Waals surface area (Å²) in [5, 5.41) is 6.83. The second-order valence-electron chi connectivity index (χ2n) is 5.59. The molecule has 0 saturated carbocycles. The zero-order valence-electron chi connectivity index (χ0n) is 13.0. The lowest BCUT2D eigenvalue weighted by atomic mass is 10.1. The molecule has 0 aliphatic carbocycles. The summed E-state index contributed by atoms with van der Waals surface area (Å²) in [4.78, 5) is 28.4. The van der Waals surface area contributed by atoms with Crippen molar-refractivity contribution >= 4 is 11.8 Å². The van der Waals surface area contributed by atoms with Crippen LogP contribution in [-0.2, 0) is 11.8 Å². The summed E-state index contributed by atoms with van der Waals surface area (Å²) >= 11 is 0. The topological polar surface area (TPSA) is 70.5 Å². The Morgan fingerprint density at radius 3 is 2.62 bits per heavy atom. The van der Waals surface area contributed by atoms with Crippen molar-refractivity contribution in [2.24, 2.45) is 7.05 Å². The van der Waals surface area contributed by atoms with Crippen LogP contribution in [0.3, 0.4) is 0 Å². The molecular weight excluding hydrogens is 270 g/mol. The maximum Gasteiger partial charge on any atom is 0.274 e. The summed E-state index contributed by atoms with van der Waals surface area (Å²) in [5.41, 5.74) is 0.422. The second kappa shape index (κ2) is 6.26. The first-order valence-corrected chi connectivity index (χ1v) is 7.20. The maximum atomic E-state index is 12.4. The van der Waals surface area contributed by atoms with Crippen LogP contribution in [0.4, 0.5) is 0 Å². The van der Waals surface area contributed by atoms with Gasteiger partial charge in [0, 0.05) is 46.0 Å². The fourth-order valence-corrected chi connectivity index (χ4v) is 2.69. The van der Waals surface area contributed by atoms with Crippen LogP contribution >= 0.6 is 0 Å². The van der Waals surface area contributed by atoms with Crippen molar-refractivity contribution < 1.29 is 9.59 Å². The number of hydrogen-bond donors (Lipinski definition) is 1. The van der Waals surface area contributed by atoms with Gasteiger partial charge in [0.1, 0.15) is 11.7 Å². The molecule has 2 amide bonds. The number of carbonyl (C=O) groups is 2. The van der Waals surface area contributed by atoms with Gasteiger partial charge < -0.3 is 10.2 Å². The van der Waals surface area contributed by atoms with E-state index in [4.69, 9.17) is 0 Å². The number of likely N-dealkylation sites (N-methyl/N-ethyl adjacent to an activating group) is 1. The molecule has 21 heavy (non-hydrogen) atoms. The van der Waals surface area contributed by atoms with Crippen molar-refractivity contribution in [1.29, 1.82) is 0 Å². The van der Waals surface area contributed by atoms with Gasteiger partial charge in [-0.15, -0.1) is 0 Å². The van der Waals surface area contributed by atoms with Gasteiger partial charge >= 0.3 is 0 Å². The maximum absolute atomic E-state index is 12.4. The fourth-order valence-electron chi connectivity index (χ4n) is 2.69. The van der Waals surface area contributed by atoms with Crippen LogP contribution in [0.25, 0.3) is 0 Å². The number of carbonyl (C=O) groups excluding carboxylic acids is 2. The Morgan fingerprint density at radius 2 is 2.10 bits per heavy atom. The minimum atomic E-state index is -0.309. The highest BCUT2D eigenvalue weighted by Crippen LogP contribution is 2.15. The summed E-state index contributed by atoms with van der Waals surface area (Å²) in [6.45, 7) is 5.82. The van der Waals surface area contributed by atoms with Crippen molar-refractivity contribution in [2.75, 3.05) is 26.7 Å². The third kappa shape index (κ3) is 3.24. The quantitative estimate of drug-likeness (QED) is 0.831. The number of hydrogen-bond acceptors (Lipinski definition) is 4. The third-order valence-corrected chi connectivity index (χ3v) is 3.85. The molecular formula is C14H23N5O2. The Bertz CT molecular complexity index is 525. The Hall–Kier alpha value is -1.89. The molecule has 2 rings (SSSR count). The molecule has 116 valence electrons. The highest BCUT2D eigenvalue weighted by atomic mass is 16.2. The highest BCUT2D eigenvalue weighted by Gasteiger charge is 2.35. The largest absolute Gasteiger partial charge is 0.358 e. The lowest BCUT2D eigenvalue weighted by Gasteiger charge is -2.42. The molecule has 0 radical (unpaired) electrons. The van der Waals surface area contributed by atoms with Crippen LogP contribution in [0, 0.1) is 0 Å². The van der Waals surface area contributed by atoms with Crippen LogP contribution in [0.2, 0.25) is 0 Å². The van der Waals surface area contributed by atoms with Gasteiger partial charge in [0.15, 0.2) is 0 Å². The molecule has 0 bridgehead atoms. The van der Waals surface area contributed by atoms with Gasteiger partial charge in [-0.05, 0) is 19.9 Å². The zero-order valence-corrected chi connectivity index (χ0v) is 13.0. The molecule has 0 unspecified atom stereocenters. The monoisotopic (exact) mass is 293 g/mol. The molecule has 1 atom stereocenters. The van der Waals surface area contributed by atoms with Gasteiger partial charge in [-0.2, -0.15) is 5.10 Å². The van der Waals surface area contributed by atoms with Crippen molar-refractivity contribution in [3.05, 3.63) is 18.0 Å². The smallest absolute Gasteiger partial charge is 0.274 e. The standard InChI is InChI=1S/C14H23N5O2/c1-10(2)19-8-7-18(9-12(19)13(20)15-3)14(21)11-5-6-17(4)16-11/h5-6,10,12H,7-9H2,1-4H3,(H,15,20)/t12-/m0/s1. The lowest BCUT2D eigenvalue weighted by molar-refractivity contribution is -0.128. The number of nitrogens with one attached hydrogen (secondary N) is 1. The Morgan fingerprint density at radius 1 is 1.38 bits per heavy atom. The molecule has 1 aromatic rings. The predicted octanol–water partition coefficient (Wildman–Crippen LogP) is -0.299. The Balaban J connectivity index is 2.13. The molecule has 0 spiro atoms. The van der Waals surface area contributed by atoms with Gasteiger partial charge in [0.2, 0.25) is 5.91 Å². The summed E-state index contributed by atoms with van der Waals surface area (Å²) in [6, 6.07) is 1.65. The van der Waals surface area contributed by atoms with Gasteiger partial charge in [0.25, 0.3) is 5.91 Å². The number of amides is 2. The molecule has 7 heteroatoms. The van der Waals surface area contributed by atoms with Crippen LogP contribution < -0.4 is 5.32 Å². The summed E-state index contributed by atoms with van der Waals surface area (Å²) in [7, 11) is 3.40. The average molecular weight is 293 g/mol. The van der Waals surface area contributed by atoms with E-state index < -0.39 is 0 Å². The van der Waals surface area contributed by atoms with E-state index in [2.05, 4.69) is 29.2 Å². The minimum Gasteiger partial charge on any atom is -0.358 e. The summed E-state index contributed by atoms with van der Waals surface area (Å²) in [6.07, 6.45) is 1.74. The van der Waals surface area contributed by atoms with Crippen molar-refractivity contribution in [1.82, 2.24) is 24.9 Å². The molecule has 1 aliphatic rings. The Kier molecular flexibility index (Phi) is 4.62. The van der Waals surface area contributed by atoms with Crippen LogP contribution in [0.15, 0.2) is 12.3 Å². The molecule has 2 heterocycles. The molecule has 1 aliphatic heterocycles. The number of nitrogens with zero attached hydrogens (tertiary/aromatic N) is 4. The van der Waals surface area contributed by atoms with E-state index in [0.29, 0.717) is 25.3 Å². The normalized spacial score (nSPS) is 19.9. The van der Waals surface area contributed by atoms with Crippen molar-refractivity contribution in [3.8, 4) is 0 Å². The van der Waals surface area contributed by atoms with Gasteiger partial charge in [0.05, 0.1) is 0 Å². The van der Waals surface area contributed by atoms with E-state index in [1.165, 1.54) is 0 Å². The number of rotatable bonds is 3. The van der Waals surface area contributed by atoms with Gasteiger partial charge in [-0.25, -0.2) is 0 Å². The summed E-state index contributed by atoms with van der Waals surface area (Å²) in [5.74, 6) is -0.171. The van der Waals surface area contributed by atoms with E-state index in [0.717, 1.165) is 0 Å². The van der Waals surface area contributed by atoms with Gasteiger partial charge in [-0.3, -0.25) is 19.2 Å². The third-order valence-electron chi connectivity index (χ3n) is 3.85. The lowest BCUT2D eigenvalue weighted by Crippen LogP contribution is -2.61. The Labute approximate surface area is 124 Å². The van der Waals surface area contributed by atoms with Crippen LogP contribution in [0.5, 0.6) is 0 Å². The average Bonchev–Trinajstić information content (AvgIpc) is 2.91. The summed E-state index contributed by atoms with van der Waals surface area (Å²) < 4.78 is 1.60. The first-order valence-electron chi connectivity index (χ1n) is 7.20. The van der Waals surface area contributed by atoms with E-state index in [-0.39, 0.29) is 23.9 Å². The van der Waals surface area contributed by atoms with E-state index in [1.807, 2.05) is 0 Å². The molecule has 1 aromatic heterocycles. The molecule has 1 fully saturated rings. The van der Waals surface area contributed by atoms with Crippen molar-refractivity contribution in [3.63, 3.8) is 0 Å². The fraction of sp³-hybridized carbons (Fsp3) is 0.643. The van der Waals surface area contributed by atoms with E-state index in [1.54, 1.807) is 35.9 Å². The minimum absolute atomic E-state index is 0.0535. The SMILES string of the molecule is CNC(=O)[C@@H]1CN(C(=O)c2ccn(C)n2)CCN1C(C)C. The first kappa shape index (κ1) is 15.5. The molecule has 1 N–H and O–H groups in total. The van der Waals surface area contributed by atoms with E-state index >= 15 is 0 Å².